The van der Waals surface area contributed by atoms with Crippen LogP contribution in [0, 0.1) is 13.8 Å². The fourth-order valence-electron chi connectivity index (χ4n) is 2.83. The summed E-state index contributed by atoms with van der Waals surface area (Å²) in [5.41, 5.74) is 4.49. The number of hydrogen-bond acceptors (Lipinski definition) is 3. The van der Waals surface area contributed by atoms with Crippen LogP contribution in [0.1, 0.15) is 16.8 Å². The second-order valence-electron chi connectivity index (χ2n) is 6.49. The second-order valence-corrected chi connectivity index (χ2v) is 6.49. The summed E-state index contributed by atoms with van der Waals surface area (Å²) in [5.74, 6) is 1.65. The quantitative estimate of drug-likeness (QED) is 0.230. The zero-order valence-electron chi connectivity index (χ0n) is 16.6. The predicted molar refractivity (Wildman–Crippen MR) is 125 cm³/mol. The Balaban J connectivity index is 0.00000280. The summed E-state index contributed by atoms with van der Waals surface area (Å²) in [6, 6.07) is 12.2. The van der Waals surface area contributed by atoms with E-state index in [-0.39, 0.29) is 24.0 Å². The maximum Gasteiger partial charge on any atom is 0.191 e. The monoisotopic (exact) mass is 493 g/mol. The van der Waals surface area contributed by atoms with Crippen LogP contribution >= 0.6 is 24.0 Å². The molecule has 0 spiro atoms. The molecule has 2 aromatic heterocycles. The van der Waals surface area contributed by atoms with Gasteiger partial charge in [-0.15, -0.1) is 24.0 Å². The van der Waals surface area contributed by atoms with Gasteiger partial charge in [0.05, 0.1) is 12.2 Å². The Morgan fingerprint density at radius 1 is 1.11 bits per heavy atom. The highest BCUT2D eigenvalue weighted by molar-refractivity contribution is 14.0. The number of aromatic nitrogens is 2. The molecule has 0 unspecified atom stereocenters. The maximum atomic E-state index is 5.72. The topological polar surface area (TPSA) is 63.0 Å². The van der Waals surface area contributed by atoms with Gasteiger partial charge in [0, 0.05) is 32.4 Å². The summed E-state index contributed by atoms with van der Waals surface area (Å²) < 4.78 is 7.79. The number of pyridine rings is 1. The van der Waals surface area contributed by atoms with E-state index < -0.39 is 0 Å². The molecule has 6 nitrogen and oxygen atoms in total. The van der Waals surface area contributed by atoms with Gasteiger partial charge >= 0.3 is 0 Å². The molecule has 0 amide bonds. The Labute approximate surface area is 183 Å². The summed E-state index contributed by atoms with van der Waals surface area (Å²) in [6.07, 6.45) is 4.94. The number of hydrogen-bond donors (Lipinski definition) is 2. The minimum atomic E-state index is 0. The second kappa shape index (κ2) is 10.9. The highest BCUT2D eigenvalue weighted by Gasteiger charge is 2.04. The molecule has 3 aromatic rings. The van der Waals surface area contributed by atoms with Crippen molar-refractivity contribution in [2.75, 3.05) is 26.7 Å². The lowest BCUT2D eigenvalue weighted by atomic mass is 10.2. The number of nitrogens with zero attached hydrogens (tertiary/aromatic N) is 3. The van der Waals surface area contributed by atoms with Crippen LogP contribution in [0.2, 0.25) is 0 Å². The van der Waals surface area contributed by atoms with Crippen molar-refractivity contribution in [1.29, 1.82) is 0 Å². The first-order valence-electron chi connectivity index (χ1n) is 9.23. The van der Waals surface area contributed by atoms with Crippen LogP contribution in [0.3, 0.4) is 0 Å². The first-order valence-corrected chi connectivity index (χ1v) is 9.23. The summed E-state index contributed by atoms with van der Waals surface area (Å²) in [6.45, 7) is 6.17. The lowest BCUT2D eigenvalue weighted by Gasteiger charge is -2.12. The predicted octanol–water partition coefficient (Wildman–Crippen LogP) is 3.36. The lowest BCUT2D eigenvalue weighted by Crippen LogP contribution is -2.40. The molecule has 0 aliphatic heterocycles. The molecular weight excluding hydrogens is 465 g/mol. The van der Waals surface area contributed by atoms with Crippen molar-refractivity contribution in [2.45, 2.75) is 20.3 Å². The number of aliphatic imine (C=N–C) groups is 1. The first kappa shape index (κ1) is 22.0. The van der Waals surface area contributed by atoms with E-state index >= 15 is 0 Å². The van der Waals surface area contributed by atoms with Gasteiger partial charge in [0.1, 0.15) is 18.0 Å². The molecule has 0 saturated carbocycles. The average Bonchev–Trinajstić information content (AvgIpc) is 3.09. The van der Waals surface area contributed by atoms with Crippen molar-refractivity contribution in [3.63, 3.8) is 0 Å². The first-order chi connectivity index (χ1) is 13.2. The molecule has 2 heterocycles. The minimum absolute atomic E-state index is 0. The van der Waals surface area contributed by atoms with Crippen LogP contribution in [0.25, 0.3) is 5.65 Å². The molecule has 7 heteroatoms. The number of halogens is 1. The van der Waals surface area contributed by atoms with Gasteiger partial charge in [-0.2, -0.15) is 0 Å². The SMILES string of the molecule is CN=C(NCCOc1ccc(C)cc1)NCCc1cn2cccc(C)c2n1.I. The Kier molecular flexibility index (Phi) is 8.56. The standard InChI is InChI=1S/C21H27N5O.HI/c1-16-6-8-19(9-7-16)27-14-12-24-21(22-3)23-11-10-18-15-26-13-4-5-17(2)20(26)25-18;/h4-9,13,15H,10-12,14H2,1-3H3,(H2,22,23,24);1H. The molecule has 0 bridgehead atoms. The van der Waals surface area contributed by atoms with E-state index in [1.807, 2.05) is 36.5 Å². The fourth-order valence-corrected chi connectivity index (χ4v) is 2.83. The van der Waals surface area contributed by atoms with Gasteiger partial charge in [-0.05, 0) is 37.6 Å². The fraction of sp³-hybridized carbons (Fsp3) is 0.333. The van der Waals surface area contributed by atoms with E-state index in [2.05, 4.69) is 46.1 Å². The van der Waals surface area contributed by atoms with Crippen molar-refractivity contribution in [3.8, 4) is 5.75 Å². The normalized spacial score (nSPS) is 11.2. The Bertz CT molecular complexity index is 905. The van der Waals surface area contributed by atoms with Crippen molar-refractivity contribution >= 4 is 35.6 Å². The number of imidazole rings is 1. The number of aryl methyl sites for hydroxylation is 2. The molecule has 0 aliphatic rings. The van der Waals surface area contributed by atoms with Crippen LogP contribution < -0.4 is 15.4 Å². The summed E-state index contributed by atoms with van der Waals surface area (Å²) in [4.78, 5) is 8.94. The van der Waals surface area contributed by atoms with Gasteiger partial charge in [-0.25, -0.2) is 4.98 Å². The van der Waals surface area contributed by atoms with E-state index in [1.165, 1.54) is 11.1 Å². The van der Waals surface area contributed by atoms with Gasteiger partial charge < -0.3 is 19.8 Å². The molecule has 1 aromatic carbocycles. The molecule has 2 N–H and O–H groups in total. The van der Waals surface area contributed by atoms with Crippen LogP contribution in [0.5, 0.6) is 5.75 Å². The molecule has 0 saturated heterocycles. The van der Waals surface area contributed by atoms with E-state index in [0.717, 1.165) is 36.0 Å². The third-order valence-corrected chi connectivity index (χ3v) is 4.31. The lowest BCUT2D eigenvalue weighted by molar-refractivity contribution is 0.322. The average molecular weight is 493 g/mol. The van der Waals surface area contributed by atoms with Gasteiger partial charge in [-0.1, -0.05) is 23.8 Å². The molecular formula is C21H28IN5O. The van der Waals surface area contributed by atoms with E-state index in [9.17, 15) is 0 Å². The number of fused-ring (bicyclic) bond motifs is 1. The molecule has 0 fully saturated rings. The number of benzene rings is 1. The smallest absolute Gasteiger partial charge is 0.191 e. The third kappa shape index (κ3) is 6.12. The van der Waals surface area contributed by atoms with Gasteiger partial charge in [-0.3, -0.25) is 4.99 Å². The van der Waals surface area contributed by atoms with Gasteiger partial charge in [0.25, 0.3) is 0 Å². The van der Waals surface area contributed by atoms with Crippen molar-refractivity contribution in [3.05, 3.63) is 65.6 Å². The van der Waals surface area contributed by atoms with Gasteiger partial charge in [0.15, 0.2) is 5.96 Å². The number of nitrogens with one attached hydrogen (secondary N) is 2. The molecule has 150 valence electrons. The van der Waals surface area contributed by atoms with Crippen LogP contribution in [-0.4, -0.2) is 42.1 Å². The third-order valence-electron chi connectivity index (χ3n) is 4.31. The summed E-state index contributed by atoms with van der Waals surface area (Å²) >= 11 is 0. The van der Waals surface area contributed by atoms with Gasteiger partial charge in [0.2, 0.25) is 0 Å². The van der Waals surface area contributed by atoms with E-state index in [1.54, 1.807) is 7.05 Å². The van der Waals surface area contributed by atoms with Crippen LogP contribution in [-0.2, 0) is 6.42 Å². The molecule has 0 aliphatic carbocycles. The van der Waals surface area contributed by atoms with Crippen LogP contribution in [0.4, 0.5) is 0 Å². The Morgan fingerprint density at radius 3 is 2.57 bits per heavy atom. The van der Waals surface area contributed by atoms with Crippen LogP contribution in [0.15, 0.2) is 53.8 Å². The summed E-state index contributed by atoms with van der Waals surface area (Å²) in [7, 11) is 1.77. The van der Waals surface area contributed by atoms with Crippen molar-refractivity contribution in [1.82, 2.24) is 20.0 Å². The number of rotatable bonds is 7. The number of guanidine groups is 1. The largest absolute Gasteiger partial charge is 0.492 e. The van der Waals surface area contributed by atoms with E-state index in [4.69, 9.17) is 9.72 Å². The Morgan fingerprint density at radius 2 is 1.86 bits per heavy atom. The van der Waals surface area contributed by atoms with E-state index in [0.29, 0.717) is 13.2 Å². The molecule has 28 heavy (non-hydrogen) atoms. The highest BCUT2D eigenvalue weighted by atomic mass is 127. The highest BCUT2D eigenvalue weighted by Crippen LogP contribution is 2.11. The minimum Gasteiger partial charge on any atom is -0.492 e. The Hall–Kier alpha value is -2.29. The maximum absolute atomic E-state index is 5.72. The molecule has 0 radical (unpaired) electrons. The zero-order chi connectivity index (χ0) is 19.1. The summed E-state index contributed by atoms with van der Waals surface area (Å²) in [5, 5.41) is 6.58. The zero-order valence-corrected chi connectivity index (χ0v) is 18.9. The van der Waals surface area contributed by atoms with Crippen molar-refractivity contribution < 1.29 is 4.74 Å². The molecule has 0 atom stereocenters. The number of ether oxygens (including phenoxy) is 1. The van der Waals surface area contributed by atoms with Crippen molar-refractivity contribution in [2.24, 2.45) is 4.99 Å². The molecule has 3 rings (SSSR count).